The largest absolute Gasteiger partial charge is 0.481 e. The predicted octanol–water partition coefficient (Wildman–Crippen LogP) is 2.86. The lowest BCUT2D eigenvalue weighted by atomic mass is 9.97. The van der Waals surface area contributed by atoms with Crippen LogP contribution in [0.1, 0.15) is 41.5 Å². The molecule has 1 aliphatic rings. The number of nitrogens with one attached hydrogen (secondary N) is 1. The summed E-state index contributed by atoms with van der Waals surface area (Å²) in [4.78, 5) is 8.62. The van der Waals surface area contributed by atoms with Crippen LogP contribution in [-0.2, 0) is 19.8 Å². The molecule has 3 heterocycles. The lowest BCUT2D eigenvalue weighted by Crippen LogP contribution is -2.34. The minimum absolute atomic E-state index is 0.0344. The number of rotatable bonds is 4. The number of H-pyrrole nitrogens is 1. The van der Waals surface area contributed by atoms with E-state index in [4.69, 9.17) is 4.74 Å². The highest BCUT2D eigenvalue weighted by Gasteiger charge is 2.34. The molecule has 0 saturated carbocycles. The minimum atomic E-state index is -4.39. The van der Waals surface area contributed by atoms with Crippen LogP contribution in [0, 0.1) is 6.92 Å². The minimum Gasteiger partial charge on any atom is -0.481 e. The molecule has 2 aromatic rings. The van der Waals surface area contributed by atoms with Crippen LogP contribution < -0.4 is 4.74 Å². The third kappa shape index (κ3) is 3.65. The number of nitrogens with zero attached hydrogens (tertiary/aromatic N) is 4. The third-order valence-corrected chi connectivity index (χ3v) is 4.66. The van der Waals surface area contributed by atoms with Crippen LogP contribution in [0.3, 0.4) is 0 Å². The molecule has 6 nitrogen and oxygen atoms in total. The molecule has 0 aromatic carbocycles. The summed E-state index contributed by atoms with van der Waals surface area (Å²) in [5.41, 5.74) is 1.13. The smallest absolute Gasteiger partial charge is 0.432 e. The highest BCUT2D eigenvalue weighted by molar-refractivity contribution is 5.31. The normalized spacial score (nSPS) is 19.4. The maximum absolute atomic E-state index is 12.8. The Morgan fingerprint density at radius 1 is 1.40 bits per heavy atom. The van der Waals surface area contributed by atoms with E-state index >= 15 is 0 Å². The third-order valence-electron chi connectivity index (χ3n) is 4.66. The molecule has 1 N–H and O–H groups in total. The van der Waals surface area contributed by atoms with Gasteiger partial charge in [0.15, 0.2) is 0 Å². The average Bonchev–Trinajstić information content (AvgIpc) is 3.13. The first-order valence-corrected chi connectivity index (χ1v) is 8.20. The van der Waals surface area contributed by atoms with Gasteiger partial charge in [-0.3, -0.25) is 4.90 Å². The average molecular weight is 357 g/mol. The number of halogens is 3. The predicted molar refractivity (Wildman–Crippen MR) is 85.3 cm³/mol. The first-order chi connectivity index (χ1) is 11.8. The van der Waals surface area contributed by atoms with E-state index in [9.17, 15) is 13.2 Å². The molecule has 0 bridgehead atoms. The summed E-state index contributed by atoms with van der Waals surface area (Å²) in [6.45, 7) is 4.14. The molecular weight excluding hydrogens is 335 g/mol. The van der Waals surface area contributed by atoms with Crippen molar-refractivity contribution in [3.8, 4) is 5.88 Å². The Bertz CT molecular complexity index is 737. The summed E-state index contributed by atoms with van der Waals surface area (Å²) in [5.74, 6) is 1.09. The Morgan fingerprint density at radius 3 is 2.80 bits per heavy atom. The van der Waals surface area contributed by atoms with E-state index in [2.05, 4.69) is 20.0 Å². The van der Waals surface area contributed by atoms with Crippen molar-refractivity contribution in [3.05, 3.63) is 29.0 Å². The molecule has 2 aromatic heterocycles. The lowest BCUT2D eigenvalue weighted by molar-refractivity contribution is -0.141. The number of piperidine rings is 1. The number of hydrogen-bond acceptors (Lipinski definition) is 4. The van der Waals surface area contributed by atoms with Gasteiger partial charge in [0.2, 0.25) is 5.88 Å². The van der Waals surface area contributed by atoms with Gasteiger partial charge in [0.1, 0.15) is 11.5 Å². The van der Waals surface area contributed by atoms with Crippen molar-refractivity contribution >= 4 is 0 Å². The van der Waals surface area contributed by atoms with E-state index in [0.717, 1.165) is 42.7 Å². The number of alkyl halides is 3. The van der Waals surface area contributed by atoms with Gasteiger partial charge in [-0.1, -0.05) is 0 Å². The fraction of sp³-hybridized carbons (Fsp3) is 0.625. The number of aromatic nitrogens is 4. The maximum Gasteiger partial charge on any atom is 0.432 e. The summed E-state index contributed by atoms with van der Waals surface area (Å²) >= 11 is 0. The molecule has 0 aliphatic carbocycles. The van der Waals surface area contributed by atoms with Crippen LogP contribution >= 0.6 is 0 Å². The van der Waals surface area contributed by atoms with Crippen LogP contribution in [0.2, 0.25) is 0 Å². The number of aryl methyl sites for hydroxylation is 2. The molecule has 3 rings (SSSR count). The van der Waals surface area contributed by atoms with Crippen molar-refractivity contribution in [2.75, 3.05) is 20.2 Å². The van der Waals surface area contributed by atoms with E-state index in [1.807, 2.05) is 14.0 Å². The monoisotopic (exact) mass is 357 g/mol. The van der Waals surface area contributed by atoms with Gasteiger partial charge < -0.3 is 9.72 Å². The van der Waals surface area contributed by atoms with Gasteiger partial charge in [-0.25, -0.2) is 9.67 Å². The van der Waals surface area contributed by atoms with Gasteiger partial charge in [0.25, 0.3) is 0 Å². The van der Waals surface area contributed by atoms with Crippen molar-refractivity contribution < 1.29 is 17.9 Å². The lowest BCUT2D eigenvalue weighted by Gasteiger charge is -2.31. The van der Waals surface area contributed by atoms with Crippen molar-refractivity contribution in [1.82, 2.24) is 24.6 Å². The summed E-state index contributed by atoms with van der Waals surface area (Å²) in [6, 6.07) is 0. The van der Waals surface area contributed by atoms with Gasteiger partial charge in [0, 0.05) is 26.1 Å². The molecule has 1 saturated heterocycles. The molecule has 0 amide bonds. The van der Waals surface area contributed by atoms with Crippen molar-refractivity contribution in [1.29, 1.82) is 0 Å². The number of aromatic amines is 1. The van der Waals surface area contributed by atoms with E-state index < -0.39 is 11.9 Å². The molecule has 0 radical (unpaired) electrons. The van der Waals surface area contributed by atoms with Crippen molar-refractivity contribution in [3.63, 3.8) is 0 Å². The zero-order chi connectivity index (χ0) is 18.2. The van der Waals surface area contributed by atoms with Gasteiger partial charge in [-0.2, -0.15) is 18.3 Å². The Kier molecular flexibility index (Phi) is 4.77. The van der Waals surface area contributed by atoms with E-state index in [1.165, 1.54) is 0 Å². The zero-order valence-electron chi connectivity index (χ0n) is 14.5. The number of hydrogen-bond donors (Lipinski definition) is 1. The van der Waals surface area contributed by atoms with Crippen LogP contribution in [0.25, 0.3) is 0 Å². The van der Waals surface area contributed by atoms with Gasteiger partial charge in [-0.15, -0.1) is 0 Å². The fourth-order valence-electron chi connectivity index (χ4n) is 3.45. The van der Waals surface area contributed by atoms with Crippen LogP contribution in [0.5, 0.6) is 5.88 Å². The second-order valence-corrected chi connectivity index (χ2v) is 6.45. The fourth-order valence-corrected chi connectivity index (χ4v) is 3.45. The standard InChI is InChI=1S/C16H22F3N5O/c1-10-12(15(25-3)23(2)22-10)9-24-6-4-5-11(8-24)14-20-7-13(21-14)16(17,18)19/h7,11H,4-6,8-9H2,1-3H3,(H,20,21)/t11-/m1/s1. The van der Waals surface area contributed by atoms with Crippen LogP contribution in [0.15, 0.2) is 6.20 Å². The molecule has 25 heavy (non-hydrogen) atoms. The Morgan fingerprint density at radius 2 is 2.16 bits per heavy atom. The van der Waals surface area contributed by atoms with Crippen molar-refractivity contribution in [2.45, 2.75) is 38.4 Å². The van der Waals surface area contributed by atoms with Crippen molar-refractivity contribution in [2.24, 2.45) is 7.05 Å². The second kappa shape index (κ2) is 6.70. The summed E-state index contributed by atoms with van der Waals surface area (Å²) < 4.78 is 45.4. The first-order valence-electron chi connectivity index (χ1n) is 8.20. The molecular formula is C16H22F3N5O. The SMILES string of the molecule is COc1c(CN2CCC[C@@H](c3ncc(C(F)(F)F)[nH]3)C2)c(C)nn1C. The van der Waals surface area contributed by atoms with Crippen LogP contribution in [-0.4, -0.2) is 44.8 Å². The number of imidazole rings is 1. The summed E-state index contributed by atoms with van der Waals surface area (Å²) in [7, 11) is 3.44. The van der Waals surface area contributed by atoms with E-state index in [-0.39, 0.29) is 5.92 Å². The van der Waals surface area contributed by atoms with Gasteiger partial charge in [0.05, 0.1) is 24.6 Å². The Labute approximate surface area is 144 Å². The Hall–Kier alpha value is -2.03. The molecule has 9 heteroatoms. The molecule has 1 fully saturated rings. The molecule has 1 aliphatic heterocycles. The zero-order valence-corrected chi connectivity index (χ0v) is 14.5. The molecule has 1 atom stereocenters. The highest BCUT2D eigenvalue weighted by atomic mass is 19.4. The number of likely N-dealkylation sites (tertiary alicyclic amines) is 1. The van der Waals surface area contributed by atoms with E-state index in [1.54, 1.807) is 11.8 Å². The quantitative estimate of drug-likeness (QED) is 0.914. The second-order valence-electron chi connectivity index (χ2n) is 6.45. The maximum atomic E-state index is 12.8. The molecule has 0 spiro atoms. The van der Waals surface area contributed by atoms with E-state index in [0.29, 0.717) is 18.9 Å². The van der Waals surface area contributed by atoms with Gasteiger partial charge in [-0.05, 0) is 26.3 Å². The highest BCUT2D eigenvalue weighted by Crippen LogP contribution is 2.32. The summed E-state index contributed by atoms with van der Waals surface area (Å²) in [5, 5.41) is 4.38. The Balaban J connectivity index is 1.73. The van der Waals surface area contributed by atoms with Gasteiger partial charge >= 0.3 is 6.18 Å². The summed E-state index contributed by atoms with van der Waals surface area (Å²) in [6.07, 6.45) is -1.78. The topological polar surface area (TPSA) is 59.0 Å². The number of methoxy groups -OCH3 is 1. The molecule has 138 valence electrons. The first kappa shape index (κ1) is 17.8. The molecule has 0 unspecified atom stereocenters. The number of ether oxygens (including phenoxy) is 1. The van der Waals surface area contributed by atoms with Crippen LogP contribution in [0.4, 0.5) is 13.2 Å².